The van der Waals surface area contributed by atoms with Crippen molar-refractivity contribution in [1.29, 1.82) is 0 Å². The maximum absolute atomic E-state index is 11.7. The highest BCUT2D eigenvalue weighted by Gasteiger charge is 2.41. The van der Waals surface area contributed by atoms with Crippen molar-refractivity contribution in [3.8, 4) is 28.3 Å². The van der Waals surface area contributed by atoms with Crippen molar-refractivity contribution in [2.75, 3.05) is 18.8 Å². The summed E-state index contributed by atoms with van der Waals surface area (Å²) in [5.41, 5.74) is 13.3. The summed E-state index contributed by atoms with van der Waals surface area (Å²) in [5, 5.41) is 3.09. The van der Waals surface area contributed by atoms with E-state index < -0.39 is 0 Å². The lowest BCUT2D eigenvalue weighted by Gasteiger charge is -2.37. The monoisotopic (exact) mass is 583 g/mol. The third kappa shape index (κ3) is 5.49. The molecule has 0 unspecified atom stereocenters. The second-order valence-corrected chi connectivity index (χ2v) is 12.2. The molecule has 8 nitrogen and oxygen atoms in total. The molecule has 0 atom stereocenters. The van der Waals surface area contributed by atoms with Gasteiger partial charge in [-0.15, -0.1) is 0 Å². The number of hydrogen-bond acceptors (Lipinski definition) is 6. The van der Waals surface area contributed by atoms with Crippen LogP contribution in [-0.2, 0) is 11.3 Å². The van der Waals surface area contributed by atoms with Crippen molar-refractivity contribution in [3.05, 3.63) is 103 Å². The van der Waals surface area contributed by atoms with E-state index in [-0.39, 0.29) is 11.9 Å². The van der Waals surface area contributed by atoms with E-state index in [2.05, 4.69) is 62.7 Å². The van der Waals surface area contributed by atoms with Gasteiger partial charge in [-0.05, 0) is 92.1 Å². The Morgan fingerprint density at radius 2 is 1.77 bits per heavy atom. The first-order valence-electron chi connectivity index (χ1n) is 15.4. The van der Waals surface area contributed by atoms with Crippen LogP contribution in [0.4, 0.5) is 5.82 Å². The van der Waals surface area contributed by atoms with Crippen LogP contribution in [0.5, 0.6) is 0 Å². The molecule has 3 N–H and O–H groups in total. The molecule has 1 aliphatic carbocycles. The molecule has 2 aromatic carbocycles. The number of fused-ring (bicyclic) bond motifs is 1. The Morgan fingerprint density at radius 1 is 0.977 bits per heavy atom. The quantitative estimate of drug-likeness (QED) is 0.222. The molecule has 2 fully saturated rings. The van der Waals surface area contributed by atoms with Gasteiger partial charge in [0, 0.05) is 36.6 Å². The van der Waals surface area contributed by atoms with Gasteiger partial charge in [-0.3, -0.25) is 14.3 Å². The lowest BCUT2D eigenvalue weighted by molar-refractivity contribution is -0.117. The fraction of sp³-hybridized carbons (Fsp3) is 0.278. The molecule has 1 saturated carbocycles. The molecule has 5 aromatic rings. The summed E-state index contributed by atoms with van der Waals surface area (Å²) in [4.78, 5) is 28.7. The van der Waals surface area contributed by atoms with E-state index in [1.807, 2.05) is 42.5 Å². The Kier molecular flexibility index (Phi) is 7.44. The van der Waals surface area contributed by atoms with E-state index in [1.165, 1.54) is 18.1 Å². The average molecular weight is 584 g/mol. The maximum Gasteiger partial charge on any atom is 0.243 e. The summed E-state index contributed by atoms with van der Waals surface area (Å²) < 4.78 is 2.09. The smallest absolute Gasteiger partial charge is 0.243 e. The van der Waals surface area contributed by atoms with Gasteiger partial charge in [0.25, 0.3) is 0 Å². The van der Waals surface area contributed by atoms with E-state index in [1.54, 1.807) is 6.20 Å². The van der Waals surface area contributed by atoms with Crippen molar-refractivity contribution in [2.24, 2.45) is 5.41 Å². The summed E-state index contributed by atoms with van der Waals surface area (Å²) in [7, 11) is 0. The first kappa shape index (κ1) is 28.0. The Morgan fingerprint density at radius 3 is 2.52 bits per heavy atom. The van der Waals surface area contributed by atoms with Crippen LogP contribution in [-0.4, -0.2) is 49.5 Å². The van der Waals surface area contributed by atoms with Crippen LogP contribution < -0.4 is 11.1 Å². The second-order valence-electron chi connectivity index (χ2n) is 12.2. The molecule has 1 aliphatic heterocycles. The number of benzene rings is 2. The third-order valence-corrected chi connectivity index (χ3v) is 9.35. The lowest BCUT2D eigenvalue weighted by atomic mass is 9.72. The molecule has 3 aromatic heterocycles. The zero-order valence-electron chi connectivity index (χ0n) is 24.8. The molecule has 44 heavy (non-hydrogen) atoms. The maximum atomic E-state index is 11.7. The highest BCUT2D eigenvalue weighted by molar-refractivity contribution is 5.87. The number of carbonyl (C=O) groups excluding carboxylic acids is 1. The van der Waals surface area contributed by atoms with Crippen molar-refractivity contribution < 1.29 is 4.79 Å². The Bertz CT molecular complexity index is 1800. The molecular weight excluding hydrogens is 546 g/mol. The van der Waals surface area contributed by atoms with E-state index in [0.717, 1.165) is 84.8 Å². The number of hydrogen-bond donors (Lipinski definition) is 2. The molecule has 4 heterocycles. The number of rotatable bonds is 7. The fourth-order valence-electron chi connectivity index (χ4n) is 6.97. The summed E-state index contributed by atoms with van der Waals surface area (Å²) in [5.74, 6) is 1.09. The molecule has 0 bridgehead atoms. The lowest BCUT2D eigenvalue weighted by Crippen LogP contribution is -2.41. The van der Waals surface area contributed by atoms with Gasteiger partial charge in [0.1, 0.15) is 11.3 Å². The molecule has 1 spiro atoms. The van der Waals surface area contributed by atoms with Gasteiger partial charge >= 0.3 is 0 Å². The first-order valence-corrected chi connectivity index (χ1v) is 15.4. The standard InChI is InChI=1S/C36H37N7O/c1-2-32(44)39-27-16-18-36(19-17-27)20-22-42(24-36)23-25-10-12-28(13-11-25)43-34(29-9-6-21-38-33(29)37)41-31-15-14-30(40-35(31)43)26-7-4-3-5-8-26/h2-15,21,27H,1,16-20,22-24H2,(H2,37,38)(H,39,44)/t27-,36-. The molecule has 1 saturated heterocycles. The van der Waals surface area contributed by atoms with Gasteiger partial charge < -0.3 is 11.1 Å². The Balaban J connectivity index is 1.14. The number of aromatic nitrogens is 4. The highest BCUT2D eigenvalue weighted by Crippen LogP contribution is 2.44. The SMILES string of the molecule is C=CC(=O)N[C@H]1CC[C@@]2(CCN(Cc3ccc(-n4c(-c5cccnc5N)nc5ccc(-c6ccccc6)nc54)cc3)C2)CC1. The number of anilines is 1. The van der Waals surface area contributed by atoms with Crippen molar-refractivity contribution in [3.63, 3.8) is 0 Å². The van der Waals surface area contributed by atoms with Gasteiger partial charge in [0.15, 0.2) is 11.5 Å². The molecular formula is C36H37N7O. The zero-order chi connectivity index (χ0) is 30.1. The van der Waals surface area contributed by atoms with Crippen molar-refractivity contribution in [2.45, 2.75) is 44.7 Å². The van der Waals surface area contributed by atoms with E-state index in [4.69, 9.17) is 15.7 Å². The summed E-state index contributed by atoms with van der Waals surface area (Å²) >= 11 is 0. The van der Waals surface area contributed by atoms with E-state index in [0.29, 0.717) is 11.2 Å². The van der Waals surface area contributed by atoms with Crippen LogP contribution in [0.25, 0.3) is 39.5 Å². The second kappa shape index (κ2) is 11.7. The zero-order valence-corrected chi connectivity index (χ0v) is 24.8. The predicted molar refractivity (Wildman–Crippen MR) is 175 cm³/mol. The predicted octanol–water partition coefficient (Wildman–Crippen LogP) is 6.17. The molecule has 0 radical (unpaired) electrons. The van der Waals surface area contributed by atoms with Crippen LogP contribution in [0.15, 0.2) is 97.7 Å². The van der Waals surface area contributed by atoms with Crippen molar-refractivity contribution >= 4 is 22.9 Å². The number of pyridine rings is 2. The molecule has 222 valence electrons. The molecule has 2 aliphatic rings. The minimum absolute atomic E-state index is 0.0606. The number of imidazole rings is 1. The Hall–Kier alpha value is -4.82. The van der Waals surface area contributed by atoms with Gasteiger partial charge in [-0.1, -0.05) is 49.0 Å². The highest BCUT2D eigenvalue weighted by atomic mass is 16.1. The fourth-order valence-corrected chi connectivity index (χ4v) is 6.97. The van der Waals surface area contributed by atoms with Gasteiger partial charge in [-0.2, -0.15) is 0 Å². The van der Waals surface area contributed by atoms with Crippen LogP contribution in [0.1, 0.15) is 37.7 Å². The molecule has 1 amide bonds. The average Bonchev–Trinajstić information content (AvgIpc) is 3.64. The minimum atomic E-state index is -0.0606. The summed E-state index contributed by atoms with van der Waals surface area (Å²) in [6, 6.07) is 27.1. The van der Waals surface area contributed by atoms with E-state index >= 15 is 0 Å². The number of carbonyl (C=O) groups is 1. The minimum Gasteiger partial charge on any atom is -0.383 e. The van der Waals surface area contributed by atoms with Crippen LogP contribution in [0.2, 0.25) is 0 Å². The molecule has 8 heteroatoms. The number of nitrogens with zero attached hydrogens (tertiary/aromatic N) is 5. The summed E-state index contributed by atoms with van der Waals surface area (Å²) in [6.45, 7) is 6.72. The van der Waals surface area contributed by atoms with Gasteiger partial charge in [0.2, 0.25) is 5.91 Å². The van der Waals surface area contributed by atoms with Crippen LogP contribution in [0.3, 0.4) is 0 Å². The van der Waals surface area contributed by atoms with Crippen LogP contribution >= 0.6 is 0 Å². The number of likely N-dealkylation sites (tertiary alicyclic amines) is 1. The number of amides is 1. The summed E-state index contributed by atoms with van der Waals surface area (Å²) in [6.07, 6.45) is 8.71. The topological polar surface area (TPSA) is 102 Å². The third-order valence-electron chi connectivity index (χ3n) is 9.35. The van der Waals surface area contributed by atoms with Gasteiger partial charge in [-0.25, -0.2) is 15.0 Å². The number of nitrogen functional groups attached to an aromatic ring is 1. The Labute approximate surface area is 257 Å². The number of nitrogens with two attached hydrogens (primary N) is 1. The molecule has 7 rings (SSSR count). The van der Waals surface area contributed by atoms with E-state index in [9.17, 15) is 4.79 Å². The largest absolute Gasteiger partial charge is 0.383 e. The van der Waals surface area contributed by atoms with Crippen LogP contribution in [0, 0.1) is 5.41 Å². The van der Waals surface area contributed by atoms with Crippen molar-refractivity contribution in [1.82, 2.24) is 29.7 Å². The number of nitrogens with one attached hydrogen (secondary N) is 1. The normalized spacial score (nSPS) is 20.2. The van der Waals surface area contributed by atoms with Gasteiger partial charge in [0.05, 0.1) is 11.3 Å². The first-order chi connectivity index (χ1) is 21.5.